The van der Waals surface area contributed by atoms with Gasteiger partial charge in [0.2, 0.25) is 5.91 Å². The van der Waals surface area contributed by atoms with Crippen LogP contribution >= 0.6 is 0 Å². The Morgan fingerprint density at radius 3 is 2.15 bits per heavy atom. The maximum Gasteiger partial charge on any atom is 0.331 e. The third-order valence-electron chi connectivity index (χ3n) is 6.02. The van der Waals surface area contributed by atoms with Gasteiger partial charge in [0.1, 0.15) is 11.3 Å². The van der Waals surface area contributed by atoms with Crippen molar-refractivity contribution >= 4 is 11.9 Å². The Kier molecular flexibility index (Phi) is 6.90. The van der Waals surface area contributed by atoms with Crippen LogP contribution < -0.4 is 10.1 Å². The number of hydrogen-bond acceptors (Lipinski definition) is 4. The molecular formula is C22H33NO4. The molecule has 1 aromatic carbocycles. The van der Waals surface area contributed by atoms with Gasteiger partial charge in [-0.25, -0.2) is 4.79 Å². The normalized spacial score (nSPS) is 22.4. The molecule has 0 atom stereocenters. The predicted molar refractivity (Wildman–Crippen MR) is 106 cm³/mol. The molecule has 1 amide bonds. The Hall–Kier alpha value is -2.04. The molecule has 1 aliphatic carbocycles. The van der Waals surface area contributed by atoms with Crippen molar-refractivity contribution in [1.82, 2.24) is 5.32 Å². The van der Waals surface area contributed by atoms with Crippen molar-refractivity contribution in [3.8, 4) is 5.75 Å². The summed E-state index contributed by atoms with van der Waals surface area (Å²) >= 11 is 0. The minimum atomic E-state index is -0.897. The fraction of sp³-hybridized carbons (Fsp3) is 0.636. The summed E-state index contributed by atoms with van der Waals surface area (Å²) in [7, 11) is 3.02. The van der Waals surface area contributed by atoms with Crippen molar-refractivity contribution in [1.29, 1.82) is 0 Å². The van der Waals surface area contributed by atoms with E-state index in [0.29, 0.717) is 24.7 Å². The third kappa shape index (κ3) is 4.82. The topological polar surface area (TPSA) is 64.6 Å². The summed E-state index contributed by atoms with van der Waals surface area (Å²) in [5, 5.41) is 3.03. The monoisotopic (exact) mass is 375 g/mol. The van der Waals surface area contributed by atoms with Crippen LogP contribution in [0.3, 0.4) is 0 Å². The van der Waals surface area contributed by atoms with Gasteiger partial charge in [-0.1, -0.05) is 13.8 Å². The van der Waals surface area contributed by atoms with Gasteiger partial charge in [-0.3, -0.25) is 4.79 Å². The minimum Gasteiger partial charge on any atom is -0.497 e. The van der Waals surface area contributed by atoms with E-state index < -0.39 is 5.54 Å². The first-order chi connectivity index (χ1) is 12.7. The first kappa shape index (κ1) is 21.3. The lowest BCUT2D eigenvalue weighted by atomic mass is 9.72. The van der Waals surface area contributed by atoms with E-state index >= 15 is 0 Å². The fourth-order valence-electron chi connectivity index (χ4n) is 4.20. The number of methoxy groups -OCH3 is 2. The molecule has 5 nitrogen and oxygen atoms in total. The van der Waals surface area contributed by atoms with Gasteiger partial charge in [-0.2, -0.15) is 0 Å². The Balaban J connectivity index is 2.15. The van der Waals surface area contributed by atoms with E-state index in [-0.39, 0.29) is 18.3 Å². The molecule has 2 rings (SSSR count). The highest BCUT2D eigenvalue weighted by Gasteiger charge is 2.44. The highest BCUT2D eigenvalue weighted by molar-refractivity contribution is 5.89. The first-order valence-electron chi connectivity index (χ1n) is 9.76. The molecule has 0 aliphatic heterocycles. The van der Waals surface area contributed by atoms with Gasteiger partial charge in [-0.05, 0) is 80.2 Å². The average Bonchev–Trinajstić information content (AvgIpc) is 2.64. The SMILES string of the molecule is COC(=O)C1(NC(=O)Cc2c(C)cc(OC)cc2C)CCC(C(C)C)CC1. The number of benzene rings is 1. The molecule has 0 unspecified atom stereocenters. The van der Waals surface area contributed by atoms with Crippen molar-refractivity contribution in [3.05, 3.63) is 28.8 Å². The van der Waals surface area contributed by atoms with E-state index in [1.165, 1.54) is 7.11 Å². The van der Waals surface area contributed by atoms with Gasteiger partial charge in [0.25, 0.3) is 0 Å². The zero-order chi connectivity index (χ0) is 20.2. The molecule has 0 bridgehead atoms. The zero-order valence-corrected chi connectivity index (χ0v) is 17.5. The second-order valence-electron chi connectivity index (χ2n) is 8.12. The Morgan fingerprint density at radius 1 is 1.15 bits per heavy atom. The van der Waals surface area contributed by atoms with Crippen LogP contribution in [-0.4, -0.2) is 31.6 Å². The molecule has 0 saturated heterocycles. The predicted octanol–water partition coefficient (Wildman–Crippen LogP) is 3.73. The molecule has 150 valence electrons. The van der Waals surface area contributed by atoms with Gasteiger partial charge in [-0.15, -0.1) is 0 Å². The summed E-state index contributed by atoms with van der Waals surface area (Å²) in [5.74, 6) is 1.49. The van der Waals surface area contributed by atoms with Crippen molar-refractivity contribution in [2.45, 2.75) is 65.3 Å². The van der Waals surface area contributed by atoms with Gasteiger partial charge in [0, 0.05) is 0 Å². The minimum absolute atomic E-state index is 0.139. The lowest BCUT2D eigenvalue weighted by Gasteiger charge is -2.39. The van der Waals surface area contributed by atoms with E-state index in [0.717, 1.165) is 35.3 Å². The second-order valence-corrected chi connectivity index (χ2v) is 8.12. The quantitative estimate of drug-likeness (QED) is 0.770. The van der Waals surface area contributed by atoms with Gasteiger partial charge < -0.3 is 14.8 Å². The lowest BCUT2D eigenvalue weighted by molar-refractivity contribution is -0.153. The van der Waals surface area contributed by atoms with E-state index in [2.05, 4.69) is 19.2 Å². The number of amides is 1. The van der Waals surface area contributed by atoms with Crippen molar-refractivity contribution in [2.24, 2.45) is 11.8 Å². The summed E-state index contributed by atoms with van der Waals surface area (Å²) in [4.78, 5) is 25.3. The lowest BCUT2D eigenvalue weighted by Crippen LogP contribution is -2.57. The van der Waals surface area contributed by atoms with Crippen LogP contribution in [0.1, 0.15) is 56.2 Å². The number of carbonyl (C=O) groups excluding carboxylic acids is 2. The smallest absolute Gasteiger partial charge is 0.331 e. The summed E-state index contributed by atoms with van der Waals surface area (Å²) in [6.45, 7) is 8.37. The van der Waals surface area contributed by atoms with E-state index in [1.54, 1.807) is 7.11 Å². The molecule has 27 heavy (non-hydrogen) atoms. The Bertz CT molecular complexity index is 665. The molecule has 0 radical (unpaired) electrons. The highest BCUT2D eigenvalue weighted by Crippen LogP contribution is 2.36. The van der Waals surface area contributed by atoms with Crippen molar-refractivity contribution in [2.75, 3.05) is 14.2 Å². The molecule has 1 N–H and O–H groups in total. The highest BCUT2D eigenvalue weighted by atomic mass is 16.5. The maximum absolute atomic E-state index is 12.8. The van der Waals surface area contributed by atoms with E-state index in [1.807, 2.05) is 26.0 Å². The van der Waals surface area contributed by atoms with Gasteiger partial charge >= 0.3 is 5.97 Å². The molecule has 1 aliphatic rings. The second kappa shape index (κ2) is 8.77. The van der Waals surface area contributed by atoms with Crippen LogP contribution in [0.2, 0.25) is 0 Å². The number of carbonyl (C=O) groups is 2. The number of aryl methyl sites for hydroxylation is 2. The van der Waals surface area contributed by atoms with Crippen LogP contribution in [0.15, 0.2) is 12.1 Å². The molecule has 0 aromatic heterocycles. The molecule has 1 aromatic rings. The molecule has 1 saturated carbocycles. The molecular weight excluding hydrogens is 342 g/mol. The van der Waals surface area contributed by atoms with Gasteiger partial charge in [0.05, 0.1) is 20.6 Å². The number of esters is 1. The number of hydrogen-bond donors (Lipinski definition) is 1. The zero-order valence-electron chi connectivity index (χ0n) is 17.5. The van der Waals surface area contributed by atoms with E-state index in [4.69, 9.17) is 9.47 Å². The fourth-order valence-corrected chi connectivity index (χ4v) is 4.20. The molecule has 0 heterocycles. The third-order valence-corrected chi connectivity index (χ3v) is 6.02. The number of ether oxygens (including phenoxy) is 2. The molecule has 0 spiro atoms. The van der Waals surface area contributed by atoms with E-state index in [9.17, 15) is 9.59 Å². The first-order valence-corrected chi connectivity index (χ1v) is 9.76. The standard InChI is InChI=1S/C22H33NO4/c1-14(2)17-7-9-22(10-8-17,21(25)27-6)23-20(24)13-19-15(3)11-18(26-5)12-16(19)4/h11-12,14,17H,7-10,13H2,1-6H3,(H,23,24). The Morgan fingerprint density at radius 2 is 1.70 bits per heavy atom. The Labute approximate surface area is 162 Å². The van der Waals surface area contributed by atoms with Crippen LogP contribution in [-0.2, 0) is 20.7 Å². The maximum atomic E-state index is 12.8. The van der Waals surface area contributed by atoms with Crippen LogP contribution in [0.25, 0.3) is 0 Å². The van der Waals surface area contributed by atoms with Crippen LogP contribution in [0.4, 0.5) is 0 Å². The summed E-state index contributed by atoms with van der Waals surface area (Å²) in [6.07, 6.45) is 3.36. The number of rotatable bonds is 6. The van der Waals surface area contributed by atoms with Crippen LogP contribution in [0.5, 0.6) is 5.75 Å². The van der Waals surface area contributed by atoms with Gasteiger partial charge in [0.15, 0.2) is 0 Å². The average molecular weight is 376 g/mol. The largest absolute Gasteiger partial charge is 0.497 e. The van der Waals surface area contributed by atoms with Crippen molar-refractivity contribution < 1.29 is 19.1 Å². The van der Waals surface area contributed by atoms with Crippen LogP contribution in [0, 0.1) is 25.7 Å². The van der Waals surface area contributed by atoms with Crippen molar-refractivity contribution in [3.63, 3.8) is 0 Å². The molecule has 5 heteroatoms. The summed E-state index contributed by atoms with van der Waals surface area (Å²) in [6, 6.07) is 3.86. The summed E-state index contributed by atoms with van der Waals surface area (Å²) < 4.78 is 10.3. The summed E-state index contributed by atoms with van der Waals surface area (Å²) in [5.41, 5.74) is 2.10. The molecule has 1 fully saturated rings. The number of nitrogens with one attached hydrogen (secondary N) is 1.